The maximum absolute atomic E-state index is 14.7. The van der Waals surface area contributed by atoms with E-state index in [4.69, 9.17) is 17.2 Å². The van der Waals surface area contributed by atoms with E-state index in [-0.39, 0.29) is 95.8 Å². The average molecular weight is 1360 g/mol. The summed E-state index contributed by atoms with van der Waals surface area (Å²) >= 11 is 0. The summed E-state index contributed by atoms with van der Waals surface area (Å²) in [4.78, 5) is 202. The number of nitrogens with one attached hydrogen (secondary N) is 10. The molecule has 2 saturated heterocycles. The molecule has 13 amide bonds. The molecule has 36 heteroatoms. The number of carbonyl (C=O) groups is 15. The zero-order valence-corrected chi connectivity index (χ0v) is 55.0. The molecule has 0 aromatic heterocycles. The molecule has 36 nitrogen and oxygen atoms in total. The van der Waals surface area contributed by atoms with Crippen molar-refractivity contribution >= 4 is 88.7 Å². The molecule has 14 atom stereocenters. The van der Waals surface area contributed by atoms with E-state index in [1.165, 1.54) is 25.7 Å². The van der Waals surface area contributed by atoms with Crippen LogP contribution < -0.4 is 70.4 Å². The quantitative estimate of drug-likeness (QED) is 0.0252. The highest BCUT2D eigenvalue weighted by atomic mass is 16.4. The standard InChI is InChI=1S/C59H101N15O21/c1-29(2)26-38(59(94)95)68-56(91)47(32(6)78)72-55(90)46(30(3)4)71-50(85)35(15-9-11-23-63-33(7)79)66-53(88)41-16-12-24-73(41)58(93)42-17-13-25-74(42)57(92)37(18-20-43(61)80)67-52(87)39(27-75)69-48(83)34(14-8-10-22-60)64-49(84)36(19-21-44(81)82)65-51(86)40(28-76)70-54(89)45(62)31(5)77/h29-32,34-42,45-47,75-78H,8-28,60,62H2,1-7H3,(H2,61,80)(H,63,79)(H,64,84)(H,65,86)(H,66,88)(H,67,87)(H,68,91)(H,69,83)(H,70,89)(H,71,85)(H,72,90)(H,81,82)(H,94,95)/t31-,32-,34+,35+,36+,37+,38+,39+,40+,41+,42+,45+,46+,47+/m1/s1. The van der Waals surface area contributed by atoms with Crippen LogP contribution in [0.4, 0.5) is 0 Å². The molecule has 0 aromatic rings. The second kappa shape index (κ2) is 41.6. The monoisotopic (exact) mass is 1360 g/mol. The van der Waals surface area contributed by atoms with E-state index in [1.807, 2.05) is 0 Å². The van der Waals surface area contributed by atoms with E-state index < -0.39 is 212 Å². The predicted molar refractivity (Wildman–Crippen MR) is 335 cm³/mol. The van der Waals surface area contributed by atoms with Gasteiger partial charge in [0.05, 0.1) is 25.4 Å². The number of unbranched alkanes of at least 4 members (excludes halogenated alkanes) is 2. The summed E-state index contributed by atoms with van der Waals surface area (Å²) in [5, 5.41) is 83.9. The van der Waals surface area contributed by atoms with Crippen LogP contribution in [0.1, 0.15) is 145 Å². The molecule has 0 bridgehead atoms. The van der Waals surface area contributed by atoms with Gasteiger partial charge in [0.2, 0.25) is 76.8 Å². The zero-order valence-electron chi connectivity index (χ0n) is 55.0. The molecule has 2 rings (SSSR count). The van der Waals surface area contributed by atoms with Crippen molar-refractivity contribution in [3.05, 3.63) is 0 Å². The van der Waals surface area contributed by atoms with E-state index in [0.717, 1.165) is 4.90 Å². The topological polar surface area (TPSA) is 582 Å². The Morgan fingerprint density at radius 3 is 1.45 bits per heavy atom. The number of aliphatic hydroxyl groups is 4. The number of carbonyl (C=O) groups excluding carboxylic acids is 13. The van der Waals surface area contributed by atoms with Gasteiger partial charge < -0.3 is 111 Å². The molecule has 2 aliphatic heterocycles. The van der Waals surface area contributed by atoms with Crippen LogP contribution in [0, 0.1) is 11.8 Å². The van der Waals surface area contributed by atoms with Crippen LogP contribution in [0.3, 0.4) is 0 Å². The molecule has 0 spiro atoms. The number of aliphatic carboxylic acids is 2. The van der Waals surface area contributed by atoms with Crippen molar-refractivity contribution < 1.29 is 103 Å². The molecule has 22 N–H and O–H groups in total. The van der Waals surface area contributed by atoms with Crippen molar-refractivity contribution in [2.24, 2.45) is 29.0 Å². The summed E-state index contributed by atoms with van der Waals surface area (Å²) in [5.41, 5.74) is 16.8. The van der Waals surface area contributed by atoms with Gasteiger partial charge in [-0.1, -0.05) is 27.7 Å². The van der Waals surface area contributed by atoms with Gasteiger partial charge in [0.25, 0.3) is 0 Å². The highest BCUT2D eigenvalue weighted by Gasteiger charge is 2.45. The number of aliphatic hydroxyl groups excluding tert-OH is 4. The van der Waals surface area contributed by atoms with Crippen LogP contribution in [0.15, 0.2) is 0 Å². The number of likely N-dealkylation sites (tertiary alicyclic amines) is 2. The highest BCUT2D eigenvalue weighted by Crippen LogP contribution is 2.27. The second-order valence-corrected chi connectivity index (χ2v) is 24.6. The molecule has 2 fully saturated rings. The SMILES string of the molecule is CC(=O)NCCCC[C@H](NC(=O)[C@@H]1CCCN1C(=O)[C@@H]1CCCN1C(=O)[C@H](CCC(N)=O)NC(=O)[C@H](CO)NC(=O)[C@H](CCCCN)NC(=O)[C@H](CCC(=O)O)NC(=O)[C@H](CO)NC(=O)[C@@H](N)[C@@H](C)O)C(=O)N[C@H](C(=O)N[C@H](C(=O)N[C@@H](CC(C)C)C(=O)O)[C@@H](C)O)C(C)C. The van der Waals surface area contributed by atoms with Crippen LogP contribution in [0.25, 0.3) is 0 Å². The van der Waals surface area contributed by atoms with Crippen molar-refractivity contribution in [2.75, 3.05) is 39.4 Å². The lowest BCUT2D eigenvalue weighted by Crippen LogP contribution is -2.62. The van der Waals surface area contributed by atoms with Crippen molar-refractivity contribution in [2.45, 2.75) is 229 Å². The van der Waals surface area contributed by atoms with Gasteiger partial charge in [0, 0.05) is 39.4 Å². The lowest BCUT2D eigenvalue weighted by molar-refractivity contribution is -0.148. The first-order chi connectivity index (χ1) is 44.6. The summed E-state index contributed by atoms with van der Waals surface area (Å²) in [5.74, 6) is -15.7. The highest BCUT2D eigenvalue weighted by molar-refractivity contribution is 6.00. The maximum Gasteiger partial charge on any atom is 0.326 e. The van der Waals surface area contributed by atoms with Crippen LogP contribution in [-0.4, -0.2) is 253 Å². The molecule has 2 heterocycles. The van der Waals surface area contributed by atoms with Crippen molar-refractivity contribution in [1.82, 2.24) is 63.0 Å². The summed E-state index contributed by atoms with van der Waals surface area (Å²) in [7, 11) is 0. The Morgan fingerprint density at radius 2 is 0.958 bits per heavy atom. The number of carboxylic acids is 2. The maximum atomic E-state index is 14.7. The summed E-state index contributed by atoms with van der Waals surface area (Å²) < 4.78 is 0. The van der Waals surface area contributed by atoms with Crippen LogP contribution in [0.2, 0.25) is 0 Å². The van der Waals surface area contributed by atoms with Gasteiger partial charge in [-0.3, -0.25) is 67.1 Å². The molecule has 95 heavy (non-hydrogen) atoms. The van der Waals surface area contributed by atoms with Gasteiger partial charge in [-0.15, -0.1) is 0 Å². The Labute approximate surface area is 550 Å². The Balaban J connectivity index is 2.42. The largest absolute Gasteiger partial charge is 0.481 e. The van der Waals surface area contributed by atoms with E-state index in [0.29, 0.717) is 12.8 Å². The number of hydrogen-bond donors (Lipinski definition) is 19. The van der Waals surface area contributed by atoms with Gasteiger partial charge in [0.1, 0.15) is 72.5 Å². The van der Waals surface area contributed by atoms with Gasteiger partial charge in [0.15, 0.2) is 0 Å². The number of amides is 13. The van der Waals surface area contributed by atoms with Gasteiger partial charge in [-0.05, 0) is 116 Å². The molecule has 0 unspecified atom stereocenters. The molecule has 538 valence electrons. The number of rotatable bonds is 43. The fourth-order valence-electron chi connectivity index (χ4n) is 10.5. The molecule has 0 aliphatic carbocycles. The molecular formula is C59H101N15O21. The lowest BCUT2D eigenvalue weighted by atomic mass is 10.00. The second-order valence-electron chi connectivity index (χ2n) is 24.6. The number of nitrogens with two attached hydrogens (primary N) is 3. The van der Waals surface area contributed by atoms with Gasteiger partial charge >= 0.3 is 11.9 Å². The van der Waals surface area contributed by atoms with Crippen molar-refractivity contribution in [3.8, 4) is 0 Å². The van der Waals surface area contributed by atoms with E-state index in [9.17, 15) is 103 Å². The molecule has 0 saturated carbocycles. The number of nitrogens with zero attached hydrogens (tertiary/aromatic N) is 2. The Morgan fingerprint density at radius 1 is 0.505 bits per heavy atom. The van der Waals surface area contributed by atoms with E-state index in [1.54, 1.807) is 27.7 Å². The number of hydrogen-bond acceptors (Lipinski definition) is 21. The number of primary amides is 1. The Hall–Kier alpha value is -8.19. The normalized spacial score (nSPS) is 18.3. The Bertz CT molecular complexity index is 2670. The van der Waals surface area contributed by atoms with Gasteiger partial charge in [-0.2, -0.15) is 0 Å². The summed E-state index contributed by atoms with van der Waals surface area (Å²) in [6, 6.07) is -18.4. The minimum Gasteiger partial charge on any atom is -0.481 e. The third kappa shape index (κ3) is 28.0. The first-order valence-electron chi connectivity index (χ1n) is 32.0. The fraction of sp³-hybridized carbons (Fsp3) is 0.746. The minimum atomic E-state index is -1.88. The zero-order chi connectivity index (χ0) is 72.0. The van der Waals surface area contributed by atoms with Crippen molar-refractivity contribution in [1.29, 1.82) is 0 Å². The van der Waals surface area contributed by atoms with E-state index >= 15 is 0 Å². The van der Waals surface area contributed by atoms with E-state index in [2.05, 4.69) is 53.2 Å². The van der Waals surface area contributed by atoms with Crippen LogP contribution in [0.5, 0.6) is 0 Å². The van der Waals surface area contributed by atoms with Gasteiger partial charge in [-0.25, -0.2) is 4.79 Å². The average Bonchev–Trinajstić information content (AvgIpc) is 1.71. The third-order valence-electron chi connectivity index (χ3n) is 15.8. The fourth-order valence-corrected chi connectivity index (χ4v) is 10.5. The van der Waals surface area contributed by atoms with Crippen LogP contribution in [-0.2, 0) is 71.9 Å². The van der Waals surface area contributed by atoms with Crippen molar-refractivity contribution in [3.63, 3.8) is 0 Å². The lowest BCUT2D eigenvalue weighted by Gasteiger charge is -2.34. The number of carboxylic acid groups (broad SMARTS) is 2. The first kappa shape index (κ1) is 82.9. The third-order valence-corrected chi connectivity index (χ3v) is 15.8. The summed E-state index contributed by atoms with van der Waals surface area (Å²) in [6.07, 6.45) is -3.64. The summed E-state index contributed by atoms with van der Waals surface area (Å²) in [6.45, 7) is 8.43. The first-order valence-corrected chi connectivity index (χ1v) is 32.0. The Kier molecular flexibility index (Phi) is 36.3. The molecular weight excluding hydrogens is 1250 g/mol. The van der Waals surface area contributed by atoms with Crippen LogP contribution >= 0.6 is 0 Å². The predicted octanol–water partition coefficient (Wildman–Crippen LogP) is -7.24. The smallest absolute Gasteiger partial charge is 0.326 e. The molecule has 0 radical (unpaired) electrons. The minimum absolute atomic E-state index is 0.0112. The molecule has 2 aliphatic rings. The molecule has 0 aromatic carbocycles.